The van der Waals surface area contributed by atoms with Gasteiger partial charge in [-0.15, -0.1) is 0 Å². The van der Waals surface area contributed by atoms with Crippen LogP contribution in [0.1, 0.15) is 19.8 Å². The predicted molar refractivity (Wildman–Crippen MR) is 33.8 cm³/mol. The molecular weight excluding hydrogens is 114 g/mol. The first-order valence-corrected chi connectivity index (χ1v) is 3.12. The second-order valence-corrected chi connectivity index (χ2v) is 2.52. The topological polar surface area (TPSA) is 21.4 Å². The van der Waals surface area contributed by atoms with E-state index in [1.807, 2.05) is 0 Å². The van der Waals surface area contributed by atoms with Crippen LogP contribution in [-0.2, 0) is 4.79 Å². The third-order valence-electron chi connectivity index (χ3n) is 1.62. The summed E-state index contributed by atoms with van der Waals surface area (Å²) in [6.07, 6.45) is 2.15. The number of nitrogens with zero attached hydrogens (tertiary/aromatic N) is 1. The van der Waals surface area contributed by atoms with Crippen LogP contribution in [-0.4, -0.2) is 11.8 Å². The summed E-state index contributed by atoms with van der Waals surface area (Å²) in [6.45, 7) is 8.17. The summed E-state index contributed by atoms with van der Waals surface area (Å²) in [5.41, 5.74) is 0. The van der Waals surface area contributed by atoms with Gasteiger partial charge in [0, 0.05) is 12.8 Å². The van der Waals surface area contributed by atoms with Crippen LogP contribution in [0, 0.1) is 12.5 Å². The minimum atomic E-state index is -0.315. The van der Waals surface area contributed by atoms with Crippen molar-refractivity contribution in [2.24, 2.45) is 5.92 Å². The Morgan fingerprint density at radius 3 is 2.44 bits per heavy atom. The van der Waals surface area contributed by atoms with Gasteiger partial charge in [-0.2, -0.15) is 0 Å². The molecule has 0 saturated heterocycles. The van der Waals surface area contributed by atoms with E-state index in [2.05, 4.69) is 4.85 Å². The van der Waals surface area contributed by atoms with E-state index in [4.69, 9.17) is 6.57 Å². The van der Waals surface area contributed by atoms with E-state index in [0.29, 0.717) is 5.92 Å². The first kappa shape index (κ1) is 6.28. The smallest absolute Gasteiger partial charge is 0.283 e. The highest BCUT2D eigenvalue weighted by Crippen LogP contribution is 2.34. The summed E-state index contributed by atoms with van der Waals surface area (Å²) >= 11 is 0. The third-order valence-corrected chi connectivity index (χ3v) is 1.62. The van der Waals surface area contributed by atoms with Crippen LogP contribution >= 0.6 is 0 Å². The van der Waals surface area contributed by atoms with E-state index in [-0.39, 0.29) is 11.8 Å². The number of ketones is 1. The normalized spacial score (nSPS) is 20.4. The summed E-state index contributed by atoms with van der Waals surface area (Å²) in [5.74, 6) is 0.438. The van der Waals surface area contributed by atoms with E-state index in [1.165, 1.54) is 6.92 Å². The number of carbonyl (C=O) groups excluding carboxylic acids is 1. The van der Waals surface area contributed by atoms with E-state index in [1.54, 1.807) is 0 Å². The molecule has 9 heavy (non-hydrogen) atoms. The van der Waals surface area contributed by atoms with Gasteiger partial charge in [-0.25, -0.2) is 6.57 Å². The third kappa shape index (κ3) is 1.29. The van der Waals surface area contributed by atoms with Crippen molar-refractivity contribution in [3.8, 4) is 0 Å². The van der Waals surface area contributed by atoms with Gasteiger partial charge in [0.05, 0.1) is 0 Å². The van der Waals surface area contributed by atoms with Crippen molar-refractivity contribution in [3.05, 3.63) is 11.4 Å². The number of carbonyl (C=O) groups is 1. The van der Waals surface area contributed by atoms with Crippen molar-refractivity contribution in [2.75, 3.05) is 0 Å². The molecule has 1 rings (SSSR count). The lowest BCUT2D eigenvalue weighted by Crippen LogP contribution is -2.14. The molecule has 1 aliphatic rings. The molecule has 2 heteroatoms. The lowest BCUT2D eigenvalue weighted by molar-refractivity contribution is -0.117. The fraction of sp³-hybridized carbons (Fsp3) is 0.714. The molecule has 0 N–H and O–H groups in total. The van der Waals surface area contributed by atoms with E-state index >= 15 is 0 Å². The fourth-order valence-electron chi connectivity index (χ4n) is 0.940. The fourth-order valence-corrected chi connectivity index (χ4v) is 0.940. The summed E-state index contributed by atoms with van der Waals surface area (Å²) in [6, 6.07) is -0.315. The first-order valence-electron chi connectivity index (χ1n) is 3.12. The van der Waals surface area contributed by atoms with Crippen LogP contribution in [0.4, 0.5) is 0 Å². The van der Waals surface area contributed by atoms with Crippen LogP contribution in [0.15, 0.2) is 0 Å². The Balaban J connectivity index is 2.50. The lowest BCUT2D eigenvalue weighted by atomic mass is 10.1. The van der Waals surface area contributed by atoms with Crippen molar-refractivity contribution in [1.29, 1.82) is 0 Å². The number of Topliss-reactive ketones (excluding diaryl/α,β-unsaturated/α-hetero) is 1. The van der Waals surface area contributed by atoms with Gasteiger partial charge in [0.15, 0.2) is 0 Å². The van der Waals surface area contributed by atoms with Crippen LogP contribution in [0.25, 0.3) is 4.85 Å². The average Bonchev–Trinajstić information content (AvgIpc) is 2.50. The Hall–Kier alpha value is -0.840. The van der Waals surface area contributed by atoms with Crippen molar-refractivity contribution >= 4 is 5.78 Å². The van der Waals surface area contributed by atoms with Gasteiger partial charge >= 0.3 is 0 Å². The minimum absolute atomic E-state index is 0.0347. The van der Waals surface area contributed by atoms with Gasteiger partial charge in [-0.1, -0.05) is 0 Å². The molecule has 1 unspecified atom stereocenters. The largest absolute Gasteiger partial charge is 0.305 e. The summed E-state index contributed by atoms with van der Waals surface area (Å²) in [4.78, 5) is 13.9. The molecule has 0 radical (unpaired) electrons. The average molecular weight is 123 g/mol. The van der Waals surface area contributed by atoms with Crippen LogP contribution in [0.3, 0.4) is 0 Å². The Bertz CT molecular complexity index is 164. The number of hydrogen-bond acceptors (Lipinski definition) is 1. The standard InChI is InChI=1S/C7H9NO/c1-5(9)7(8-2)6-3-4-6/h6-7H,3-4H2,1H3. The maximum Gasteiger partial charge on any atom is 0.283 e. The van der Waals surface area contributed by atoms with Gasteiger partial charge in [0.2, 0.25) is 5.78 Å². The highest BCUT2D eigenvalue weighted by molar-refractivity contribution is 5.83. The number of rotatable bonds is 2. The molecule has 1 atom stereocenters. The molecule has 1 fully saturated rings. The summed E-state index contributed by atoms with van der Waals surface area (Å²) < 4.78 is 0. The molecule has 1 saturated carbocycles. The second-order valence-electron chi connectivity index (χ2n) is 2.52. The highest BCUT2D eigenvalue weighted by atomic mass is 16.1. The van der Waals surface area contributed by atoms with Crippen molar-refractivity contribution in [2.45, 2.75) is 25.8 Å². The Labute approximate surface area is 54.7 Å². The van der Waals surface area contributed by atoms with Gasteiger partial charge in [0.1, 0.15) is 0 Å². The molecule has 0 aromatic carbocycles. The minimum Gasteiger partial charge on any atom is -0.305 e. The molecular formula is C7H9NO. The molecule has 0 aliphatic heterocycles. The van der Waals surface area contributed by atoms with Gasteiger partial charge in [-0.3, -0.25) is 4.79 Å². The number of hydrogen-bond donors (Lipinski definition) is 0. The van der Waals surface area contributed by atoms with Crippen LogP contribution in [0.2, 0.25) is 0 Å². The van der Waals surface area contributed by atoms with Crippen LogP contribution < -0.4 is 0 Å². The SMILES string of the molecule is [C-]#[N+]C(C(C)=O)C1CC1. The Morgan fingerprint density at radius 1 is 1.78 bits per heavy atom. The van der Waals surface area contributed by atoms with E-state index < -0.39 is 0 Å². The quantitative estimate of drug-likeness (QED) is 0.507. The molecule has 1 aliphatic carbocycles. The zero-order valence-corrected chi connectivity index (χ0v) is 5.42. The molecule has 0 bridgehead atoms. The zero-order chi connectivity index (χ0) is 6.85. The van der Waals surface area contributed by atoms with Crippen LogP contribution in [0.5, 0.6) is 0 Å². The van der Waals surface area contributed by atoms with Gasteiger partial charge < -0.3 is 4.85 Å². The molecule has 0 aromatic rings. The second kappa shape index (κ2) is 2.18. The summed E-state index contributed by atoms with van der Waals surface area (Å²) in [5, 5.41) is 0. The van der Waals surface area contributed by atoms with Gasteiger partial charge in [0.25, 0.3) is 6.04 Å². The molecule has 2 nitrogen and oxygen atoms in total. The first-order chi connectivity index (χ1) is 4.25. The zero-order valence-electron chi connectivity index (χ0n) is 5.42. The lowest BCUT2D eigenvalue weighted by Gasteiger charge is -1.94. The molecule has 0 heterocycles. The maximum absolute atomic E-state index is 10.6. The molecule has 0 spiro atoms. The van der Waals surface area contributed by atoms with E-state index in [0.717, 1.165) is 12.8 Å². The molecule has 0 aromatic heterocycles. The Kier molecular flexibility index (Phi) is 1.52. The molecule has 48 valence electrons. The highest BCUT2D eigenvalue weighted by Gasteiger charge is 2.39. The monoisotopic (exact) mass is 123 g/mol. The van der Waals surface area contributed by atoms with Gasteiger partial charge in [-0.05, 0) is 12.8 Å². The Morgan fingerprint density at radius 2 is 2.33 bits per heavy atom. The van der Waals surface area contributed by atoms with Crippen molar-refractivity contribution < 1.29 is 4.79 Å². The van der Waals surface area contributed by atoms with Crippen molar-refractivity contribution in [1.82, 2.24) is 0 Å². The summed E-state index contributed by atoms with van der Waals surface area (Å²) in [7, 11) is 0. The predicted octanol–water partition coefficient (Wildman–Crippen LogP) is 1.27. The van der Waals surface area contributed by atoms with Crippen molar-refractivity contribution in [3.63, 3.8) is 0 Å². The molecule has 0 amide bonds. The maximum atomic E-state index is 10.6. The van der Waals surface area contributed by atoms with E-state index in [9.17, 15) is 4.79 Å².